The van der Waals surface area contributed by atoms with Gasteiger partial charge in [0.15, 0.2) is 0 Å². The molecule has 12 heteroatoms. The molecule has 0 N–H and O–H groups in total. The Balaban J connectivity index is 1.34. The molecule has 3 aromatic carbocycles. The Labute approximate surface area is 259 Å². The Morgan fingerprint density at radius 3 is 2.00 bits per heavy atom. The Bertz CT molecular complexity index is 1520. The number of benzene rings is 3. The lowest BCUT2D eigenvalue weighted by Crippen LogP contribution is -2.09. The van der Waals surface area contributed by atoms with E-state index in [2.05, 4.69) is 4.74 Å². The number of nitro benzene ring substituents is 2. The first-order chi connectivity index (χ1) is 21.7. The lowest BCUT2D eigenvalue weighted by Gasteiger charge is -2.10. The average Bonchev–Trinajstić information content (AvgIpc) is 3.04. The molecule has 0 aliphatic heterocycles. The first-order valence-corrected chi connectivity index (χ1v) is 14.3. The summed E-state index contributed by atoms with van der Waals surface area (Å²) in [6, 6.07) is 17.1. The van der Waals surface area contributed by atoms with Gasteiger partial charge in [0.05, 0.1) is 35.7 Å². The van der Waals surface area contributed by atoms with Crippen LogP contribution in [0.1, 0.15) is 64.7 Å². The van der Waals surface area contributed by atoms with E-state index >= 15 is 0 Å². The SMILES string of the molecule is COC(=O)/C=C/c1ccc(C(=O)OCCCCCCOC(=O)CCc2ccc([N+](=O)[O-])cc2Cc2ccc([N+](=O)[O-])cc2)cc1. The number of nitro groups is 2. The second kappa shape index (κ2) is 17.7. The smallest absolute Gasteiger partial charge is 0.338 e. The van der Waals surface area contributed by atoms with Crippen LogP contribution in [0.2, 0.25) is 0 Å². The molecule has 236 valence electrons. The van der Waals surface area contributed by atoms with E-state index in [9.17, 15) is 34.6 Å². The summed E-state index contributed by atoms with van der Waals surface area (Å²) in [6.07, 6.45) is 6.52. The van der Waals surface area contributed by atoms with Crippen molar-refractivity contribution in [1.29, 1.82) is 0 Å². The number of rotatable bonds is 17. The minimum atomic E-state index is -0.495. The van der Waals surface area contributed by atoms with E-state index in [1.807, 2.05) is 0 Å². The molecule has 45 heavy (non-hydrogen) atoms. The van der Waals surface area contributed by atoms with E-state index in [1.54, 1.807) is 48.5 Å². The van der Waals surface area contributed by atoms with Gasteiger partial charge >= 0.3 is 17.9 Å². The summed E-state index contributed by atoms with van der Waals surface area (Å²) in [5, 5.41) is 22.2. The van der Waals surface area contributed by atoms with Crippen molar-refractivity contribution in [2.75, 3.05) is 20.3 Å². The predicted molar refractivity (Wildman–Crippen MR) is 165 cm³/mol. The Morgan fingerprint density at radius 1 is 0.756 bits per heavy atom. The summed E-state index contributed by atoms with van der Waals surface area (Å²) < 4.78 is 15.2. The molecule has 0 atom stereocenters. The highest BCUT2D eigenvalue weighted by molar-refractivity contribution is 5.90. The van der Waals surface area contributed by atoms with Crippen LogP contribution in [0.25, 0.3) is 6.08 Å². The van der Waals surface area contributed by atoms with Crippen molar-refractivity contribution in [3.8, 4) is 0 Å². The predicted octanol–water partition coefficient (Wildman–Crippen LogP) is 6.17. The van der Waals surface area contributed by atoms with E-state index in [0.717, 1.165) is 29.5 Å². The van der Waals surface area contributed by atoms with Crippen molar-refractivity contribution in [3.63, 3.8) is 0 Å². The third-order valence-electron chi connectivity index (χ3n) is 6.84. The maximum atomic E-state index is 12.3. The van der Waals surface area contributed by atoms with Gasteiger partial charge in [-0.1, -0.05) is 30.3 Å². The highest BCUT2D eigenvalue weighted by Gasteiger charge is 2.14. The number of esters is 3. The van der Waals surface area contributed by atoms with Gasteiger partial charge in [0, 0.05) is 36.8 Å². The van der Waals surface area contributed by atoms with Gasteiger partial charge in [0.2, 0.25) is 0 Å². The fourth-order valence-electron chi connectivity index (χ4n) is 4.35. The minimum Gasteiger partial charge on any atom is -0.466 e. The second-order valence-electron chi connectivity index (χ2n) is 10.1. The number of unbranched alkanes of at least 4 members (excludes halogenated alkanes) is 3. The summed E-state index contributed by atoms with van der Waals surface area (Å²) in [5.74, 6) is -1.28. The molecule has 0 amide bonds. The van der Waals surface area contributed by atoms with Crippen LogP contribution >= 0.6 is 0 Å². The molecule has 0 radical (unpaired) electrons. The van der Waals surface area contributed by atoms with Crippen LogP contribution in [0, 0.1) is 20.2 Å². The summed E-state index contributed by atoms with van der Waals surface area (Å²) in [4.78, 5) is 56.9. The lowest BCUT2D eigenvalue weighted by molar-refractivity contribution is -0.385. The Morgan fingerprint density at radius 2 is 1.38 bits per heavy atom. The standard InChI is InChI=1S/C33H34N2O10/c1-43-31(36)18-10-24-6-11-27(12-7-24)33(38)45-21-5-3-2-4-20-44-32(37)19-14-26-13-17-30(35(41)42)23-28(26)22-25-8-15-29(16-9-25)34(39)40/h6-13,15-18,23H,2-5,14,19-22H2,1H3/b18-10+. The van der Waals surface area contributed by atoms with Crippen molar-refractivity contribution in [3.05, 3.63) is 121 Å². The van der Waals surface area contributed by atoms with Crippen molar-refractivity contribution < 1.29 is 38.4 Å². The number of carbonyl (C=O) groups is 3. The molecule has 0 aromatic heterocycles. The highest BCUT2D eigenvalue weighted by atomic mass is 16.6. The molecule has 0 heterocycles. The first kappa shape index (κ1) is 34.1. The number of non-ortho nitro benzene ring substituents is 2. The molecular formula is C33H34N2O10. The van der Waals surface area contributed by atoms with Crippen LogP contribution in [-0.2, 0) is 36.6 Å². The van der Waals surface area contributed by atoms with E-state index in [4.69, 9.17) is 9.47 Å². The minimum absolute atomic E-state index is 0.0457. The molecule has 0 saturated carbocycles. The maximum absolute atomic E-state index is 12.3. The highest BCUT2D eigenvalue weighted by Crippen LogP contribution is 2.23. The number of nitrogens with zero attached hydrogens (tertiary/aromatic N) is 2. The molecular weight excluding hydrogens is 584 g/mol. The lowest BCUT2D eigenvalue weighted by atomic mass is 9.96. The van der Waals surface area contributed by atoms with Gasteiger partial charge < -0.3 is 14.2 Å². The second-order valence-corrected chi connectivity index (χ2v) is 10.1. The zero-order valence-electron chi connectivity index (χ0n) is 24.8. The third-order valence-corrected chi connectivity index (χ3v) is 6.84. The van der Waals surface area contributed by atoms with Crippen LogP contribution in [0.5, 0.6) is 0 Å². The molecule has 0 saturated heterocycles. The van der Waals surface area contributed by atoms with Gasteiger partial charge in [-0.05, 0) is 79.0 Å². The van der Waals surface area contributed by atoms with Crippen LogP contribution in [-0.4, -0.2) is 48.1 Å². The molecule has 3 rings (SSSR count). The van der Waals surface area contributed by atoms with Gasteiger partial charge in [-0.2, -0.15) is 0 Å². The Hall–Kier alpha value is -5.39. The average molecular weight is 619 g/mol. The topological polar surface area (TPSA) is 165 Å². The normalized spacial score (nSPS) is 10.8. The number of carbonyl (C=O) groups excluding carboxylic acids is 3. The molecule has 12 nitrogen and oxygen atoms in total. The number of hydrogen-bond acceptors (Lipinski definition) is 10. The Kier molecular flexibility index (Phi) is 13.4. The molecule has 0 spiro atoms. The fraction of sp³-hybridized carbons (Fsp3) is 0.303. The van der Waals surface area contributed by atoms with E-state index < -0.39 is 21.8 Å². The van der Waals surface area contributed by atoms with Gasteiger partial charge in [-0.3, -0.25) is 25.0 Å². The fourth-order valence-corrected chi connectivity index (χ4v) is 4.35. The number of hydrogen-bond donors (Lipinski definition) is 0. The van der Waals surface area contributed by atoms with Crippen molar-refractivity contribution in [2.24, 2.45) is 0 Å². The van der Waals surface area contributed by atoms with Crippen molar-refractivity contribution >= 4 is 35.4 Å². The number of methoxy groups -OCH3 is 1. The molecule has 0 fully saturated rings. The van der Waals surface area contributed by atoms with Gasteiger partial charge in [-0.25, -0.2) is 9.59 Å². The zero-order chi connectivity index (χ0) is 32.6. The summed E-state index contributed by atoms with van der Waals surface area (Å²) >= 11 is 0. The van der Waals surface area contributed by atoms with E-state index in [0.29, 0.717) is 36.8 Å². The molecule has 0 aliphatic rings. The van der Waals surface area contributed by atoms with Crippen LogP contribution < -0.4 is 0 Å². The zero-order valence-corrected chi connectivity index (χ0v) is 24.8. The van der Waals surface area contributed by atoms with E-state index in [1.165, 1.54) is 37.5 Å². The first-order valence-electron chi connectivity index (χ1n) is 14.3. The maximum Gasteiger partial charge on any atom is 0.338 e. The summed E-state index contributed by atoms with van der Waals surface area (Å²) in [5.41, 5.74) is 3.20. The van der Waals surface area contributed by atoms with Crippen LogP contribution in [0.3, 0.4) is 0 Å². The quantitative estimate of drug-likeness (QED) is 0.0426. The van der Waals surface area contributed by atoms with Gasteiger partial charge in [-0.15, -0.1) is 0 Å². The third kappa shape index (κ3) is 11.7. The van der Waals surface area contributed by atoms with Gasteiger partial charge in [0.1, 0.15) is 0 Å². The molecule has 0 unspecified atom stereocenters. The van der Waals surface area contributed by atoms with Gasteiger partial charge in [0.25, 0.3) is 11.4 Å². The summed E-state index contributed by atoms with van der Waals surface area (Å²) in [6.45, 7) is 0.519. The molecule has 0 bridgehead atoms. The van der Waals surface area contributed by atoms with Crippen molar-refractivity contribution in [2.45, 2.75) is 44.9 Å². The summed E-state index contributed by atoms with van der Waals surface area (Å²) in [7, 11) is 1.29. The molecule has 3 aromatic rings. The van der Waals surface area contributed by atoms with Crippen LogP contribution in [0.4, 0.5) is 11.4 Å². The van der Waals surface area contributed by atoms with Crippen molar-refractivity contribution in [1.82, 2.24) is 0 Å². The van der Waals surface area contributed by atoms with E-state index in [-0.39, 0.29) is 37.0 Å². The monoisotopic (exact) mass is 618 g/mol. The van der Waals surface area contributed by atoms with Crippen LogP contribution in [0.15, 0.2) is 72.8 Å². The number of aryl methyl sites for hydroxylation is 1. The number of ether oxygens (including phenoxy) is 3. The largest absolute Gasteiger partial charge is 0.466 e. The molecule has 0 aliphatic carbocycles.